The number of hydrogen-bond donors (Lipinski definition) is 2. The zero-order valence-electron chi connectivity index (χ0n) is 22.8. The second-order valence-electron chi connectivity index (χ2n) is 9.68. The number of aromatic nitrogens is 5. The Morgan fingerprint density at radius 3 is 2.61 bits per heavy atom. The van der Waals surface area contributed by atoms with Crippen molar-refractivity contribution in [3.63, 3.8) is 0 Å². The molecule has 0 radical (unpaired) electrons. The molecule has 9 nitrogen and oxygen atoms in total. The molecule has 0 amide bonds. The van der Waals surface area contributed by atoms with E-state index in [9.17, 15) is 5.26 Å². The molecule has 4 aromatic rings. The number of hydrogen-bond acceptors (Lipinski definition) is 10. The van der Waals surface area contributed by atoms with E-state index < -0.39 is 0 Å². The number of thioether (sulfide) groups is 1. The van der Waals surface area contributed by atoms with Crippen molar-refractivity contribution in [1.29, 1.82) is 5.26 Å². The molecule has 1 aliphatic rings. The van der Waals surface area contributed by atoms with E-state index in [2.05, 4.69) is 59.2 Å². The third-order valence-corrected chi connectivity index (χ3v) is 8.65. The van der Waals surface area contributed by atoms with Crippen LogP contribution in [-0.2, 0) is 12.8 Å². The first kappa shape index (κ1) is 28.1. The van der Waals surface area contributed by atoms with Gasteiger partial charge in [-0.1, -0.05) is 38.3 Å². The van der Waals surface area contributed by atoms with Crippen molar-refractivity contribution in [1.82, 2.24) is 30.2 Å². The molecule has 0 saturated heterocycles. The van der Waals surface area contributed by atoms with Crippen LogP contribution in [0.2, 0.25) is 0 Å². The molecule has 1 aliphatic carbocycles. The molecular formula is C27H36N8OS2. The highest BCUT2D eigenvalue weighted by Crippen LogP contribution is 2.43. The lowest BCUT2D eigenvalue weighted by atomic mass is 9.92. The van der Waals surface area contributed by atoms with E-state index >= 15 is 0 Å². The van der Waals surface area contributed by atoms with Crippen LogP contribution >= 0.6 is 23.1 Å². The van der Waals surface area contributed by atoms with Gasteiger partial charge in [0.2, 0.25) is 0 Å². The SMILES string of the molecule is CCCCc1c(-c2nc(SC)c3cn[nH]c3n2)noc1-c1c(CCC)sc(N)c1C#N.CN(C)C1CCC1. The molecule has 1 saturated carbocycles. The summed E-state index contributed by atoms with van der Waals surface area (Å²) < 4.78 is 5.88. The Bertz CT molecular complexity index is 1410. The van der Waals surface area contributed by atoms with Gasteiger partial charge >= 0.3 is 0 Å². The van der Waals surface area contributed by atoms with Gasteiger partial charge in [-0.05, 0) is 52.5 Å². The second kappa shape index (κ2) is 12.7. The topological polar surface area (TPSA) is 134 Å². The molecule has 0 spiro atoms. The van der Waals surface area contributed by atoms with Crippen molar-refractivity contribution in [3.8, 4) is 28.9 Å². The highest BCUT2D eigenvalue weighted by molar-refractivity contribution is 7.98. The minimum atomic E-state index is 0.462. The first-order chi connectivity index (χ1) is 18.4. The number of aromatic amines is 1. The van der Waals surface area contributed by atoms with Crippen LogP contribution in [0.5, 0.6) is 0 Å². The van der Waals surface area contributed by atoms with Gasteiger partial charge in [0.25, 0.3) is 0 Å². The van der Waals surface area contributed by atoms with E-state index in [4.69, 9.17) is 15.2 Å². The highest BCUT2D eigenvalue weighted by atomic mass is 32.2. The Kier molecular flexibility index (Phi) is 9.41. The van der Waals surface area contributed by atoms with Crippen LogP contribution in [0.15, 0.2) is 15.7 Å². The molecule has 38 heavy (non-hydrogen) atoms. The Balaban J connectivity index is 0.000000417. The molecule has 1 fully saturated rings. The van der Waals surface area contributed by atoms with Crippen molar-refractivity contribution in [2.75, 3.05) is 26.1 Å². The number of nitriles is 1. The lowest BCUT2D eigenvalue weighted by Gasteiger charge is -2.31. The van der Waals surface area contributed by atoms with Crippen molar-refractivity contribution >= 4 is 39.1 Å². The average Bonchev–Trinajstić information content (AvgIpc) is 3.57. The fraction of sp³-hybridized carbons (Fsp3) is 0.519. The van der Waals surface area contributed by atoms with Gasteiger partial charge in [0, 0.05) is 16.5 Å². The van der Waals surface area contributed by atoms with Crippen molar-refractivity contribution in [2.24, 2.45) is 0 Å². The molecule has 5 rings (SSSR count). The number of fused-ring (bicyclic) bond motifs is 1. The number of thiophene rings is 1. The zero-order chi connectivity index (χ0) is 27.2. The quantitative estimate of drug-likeness (QED) is 0.181. The van der Waals surface area contributed by atoms with E-state index in [1.165, 1.54) is 42.4 Å². The minimum Gasteiger partial charge on any atom is -0.389 e. The molecule has 0 aliphatic heterocycles. The molecular weight excluding hydrogens is 516 g/mol. The summed E-state index contributed by atoms with van der Waals surface area (Å²) in [7, 11) is 4.31. The van der Waals surface area contributed by atoms with Crippen LogP contribution in [0.1, 0.15) is 68.4 Å². The van der Waals surface area contributed by atoms with Gasteiger partial charge in [0.05, 0.1) is 22.7 Å². The lowest BCUT2D eigenvalue weighted by Crippen LogP contribution is -2.33. The smallest absolute Gasteiger partial charge is 0.185 e. The number of rotatable bonds is 9. The van der Waals surface area contributed by atoms with Gasteiger partial charge in [-0.25, -0.2) is 9.97 Å². The normalized spacial score (nSPS) is 13.4. The molecule has 4 aromatic heterocycles. The van der Waals surface area contributed by atoms with Crippen LogP contribution in [0, 0.1) is 11.3 Å². The van der Waals surface area contributed by atoms with Crippen molar-refractivity contribution in [3.05, 3.63) is 22.2 Å². The predicted octanol–water partition coefficient (Wildman–Crippen LogP) is 6.31. The van der Waals surface area contributed by atoms with Gasteiger partial charge in [-0.3, -0.25) is 5.10 Å². The van der Waals surface area contributed by atoms with Crippen molar-refractivity contribution in [2.45, 2.75) is 76.3 Å². The second-order valence-corrected chi connectivity index (χ2v) is 11.6. The van der Waals surface area contributed by atoms with Gasteiger partial charge in [-0.2, -0.15) is 10.4 Å². The van der Waals surface area contributed by atoms with Gasteiger partial charge in [0.15, 0.2) is 22.9 Å². The molecule has 0 unspecified atom stereocenters. The molecule has 11 heteroatoms. The van der Waals surface area contributed by atoms with E-state index in [1.54, 1.807) is 6.20 Å². The van der Waals surface area contributed by atoms with Crippen LogP contribution < -0.4 is 5.73 Å². The number of unbranched alkanes of at least 4 members (excludes halogenated alkanes) is 1. The first-order valence-corrected chi connectivity index (χ1v) is 15.2. The Morgan fingerprint density at radius 2 is 2.03 bits per heavy atom. The van der Waals surface area contributed by atoms with Crippen LogP contribution in [0.4, 0.5) is 5.00 Å². The number of nitrogens with zero attached hydrogens (tertiary/aromatic N) is 6. The molecule has 0 aromatic carbocycles. The van der Waals surface area contributed by atoms with E-state index in [0.717, 1.165) is 64.6 Å². The maximum atomic E-state index is 9.77. The third-order valence-electron chi connectivity index (χ3n) is 6.88. The minimum absolute atomic E-state index is 0.462. The number of H-pyrrole nitrogens is 1. The van der Waals surface area contributed by atoms with Gasteiger partial charge < -0.3 is 15.2 Å². The summed E-state index contributed by atoms with van der Waals surface area (Å²) in [5.41, 5.74) is 9.58. The Morgan fingerprint density at radius 1 is 1.24 bits per heavy atom. The summed E-state index contributed by atoms with van der Waals surface area (Å²) in [5.74, 6) is 1.09. The standard InChI is InChI=1S/C21H23N7OS2.C6H13N/c1-4-6-8-11-16(20-25-19-13(10-24-27-19)21(26-20)30-3)28-29-17(11)15-12(9-22)18(23)31-14(15)7-5-2;1-7(2)6-4-3-5-6/h10H,4-8,23H2,1-3H3,(H,24,25,26,27);6H,3-5H2,1-2H3. The van der Waals surface area contributed by atoms with Crippen LogP contribution in [0.25, 0.3) is 33.9 Å². The van der Waals surface area contributed by atoms with Crippen LogP contribution in [-0.4, -0.2) is 56.6 Å². The summed E-state index contributed by atoms with van der Waals surface area (Å²) in [6.45, 7) is 4.24. The Labute approximate surface area is 232 Å². The number of aryl methyl sites for hydroxylation is 1. The lowest BCUT2D eigenvalue weighted by molar-refractivity contribution is 0.193. The molecule has 3 N–H and O–H groups in total. The fourth-order valence-corrected chi connectivity index (χ4v) is 6.16. The fourth-order valence-electron chi connectivity index (χ4n) is 4.49. The van der Waals surface area contributed by atoms with E-state index in [0.29, 0.717) is 33.5 Å². The predicted molar refractivity (Wildman–Crippen MR) is 155 cm³/mol. The number of anilines is 1. The zero-order valence-corrected chi connectivity index (χ0v) is 24.4. The molecule has 0 bridgehead atoms. The molecule has 202 valence electrons. The summed E-state index contributed by atoms with van der Waals surface area (Å²) in [5, 5.41) is 23.4. The average molecular weight is 553 g/mol. The molecule has 0 atom stereocenters. The number of nitrogens with two attached hydrogens (primary N) is 1. The summed E-state index contributed by atoms with van der Waals surface area (Å²) in [6, 6.07) is 3.18. The number of nitrogen functional groups attached to an aromatic ring is 1. The highest BCUT2D eigenvalue weighted by Gasteiger charge is 2.28. The van der Waals surface area contributed by atoms with E-state index in [1.807, 2.05) is 6.26 Å². The Hall–Kier alpha value is -2.94. The maximum absolute atomic E-state index is 9.77. The summed E-state index contributed by atoms with van der Waals surface area (Å²) in [6.07, 6.45) is 12.5. The van der Waals surface area contributed by atoms with Gasteiger partial charge in [-0.15, -0.1) is 23.1 Å². The largest absolute Gasteiger partial charge is 0.389 e. The third kappa shape index (κ3) is 5.72. The van der Waals surface area contributed by atoms with Crippen molar-refractivity contribution < 1.29 is 4.52 Å². The maximum Gasteiger partial charge on any atom is 0.185 e. The summed E-state index contributed by atoms with van der Waals surface area (Å²) >= 11 is 2.98. The monoisotopic (exact) mass is 552 g/mol. The first-order valence-electron chi connectivity index (χ1n) is 13.1. The summed E-state index contributed by atoms with van der Waals surface area (Å²) in [4.78, 5) is 12.7. The number of nitrogens with one attached hydrogen (secondary N) is 1. The van der Waals surface area contributed by atoms with Gasteiger partial charge in [0.1, 0.15) is 16.1 Å². The van der Waals surface area contributed by atoms with E-state index in [-0.39, 0.29) is 0 Å². The van der Waals surface area contributed by atoms with Crippen LogP contribution in [0.3, 0.4) is 0 Å². The molecule has 4 heterocycles.